The van der Waals surface area contributed by atoms with E-state index in [2.05, 4.69) is 20.3 Å². The maximum Gasteiger partial charge on any atom is 0.255 e. The second kappa shape index (κ2) is 7.90. The molecule has 0 spiro atoms. The summed E-state index contributed by atoms with van der Waals surface area (Å²) in [6.45, 7) is 1.99. The third-order valence-electron chi connectivity index (χ3n) is 4.39. The molecule has 0 atom stereocenters. The minimum Gasteiger partial charge on any atom is -0.335 e. The third kappa shape index (κ3) is 4.27. The van der Waals surface area contributed by atoms with Crippen LogP contribution in [0.3, 0.4) is 0 Å². The van der Waals surface area contributed by atoms with Gasteiger partial charge in [-0.1, -0.05) is 24.3 Å². The quantitative estimate of drug-likeness (QED) is 0.395. The fraction of sp³-hybridized carbons (Fsp3) is 0.0435. The summed E-state index contributed by atoms with van der Waals surface area (Å²) in [5.41, 5.74) is 4.66. The number of amides is 1. The molecule has 0 radical (unpaired) electrons. The second-order valence-corrected chi connectivity index (χ2v) is 6.62. The van der Waals surface area contributed by atoms with E-state index in [9.17, 15) is 9.59 Å². The van der Waals surface area contributed by atoms with Crippen molar-refractivity contribution in [2.24, 2.45) is 0 Å². The standard InChI is InChI=1S/C23H18N4O2/c1-15-4-10-19-20(13-15)27-22(26-19)21(28)11-7-16-5-8-17(9-6-16)23(29)25-18-3-2-12-24-14-18/h2-14H,1H3,(H,25,29)(H,26,27). The van der Waals surface area contributed by atoms with E-state index < -0.39 is 0 Å². The van der Waals surface area contributed by atoms with Crippen LogP contribution in [0.1, 0.15) is 32.1 Å². The molecule has 0 fully saturated rings. The van der Waals surface area contributed by atoms with Gasteiger partial charge in [0, 0.05) is 11.8 Å². The number of aromatic amines is 1. The molecule has 2 aromatic carbocycles. The smallest absolute Gasteiger partial charge is 0.255 e. The highest BCUT2D eigenvalue weighted by atomic mass is 16.1. The molecule has 2 aromatic heterocycles. The van der Waals surface area contributed by atoms with Crippen molar-refractivity contribution in [2.75, 3.05) is 5.32 Å². The lowest BCUT2D eigenvalue weighted by Crippen LogP contribution is -2.11. The van der Waals surface area contributed by atoms with Crippen LogP contribution in [0.25, 0.3) is 17.1 Å². The molecule has 2 heterocycles. The number of hydrogen-bond acceptors (Lipinski definition) is 4. The molecule has 1 amide bonds. The van der Waals surface area contributed by atoms with Crippen LogP contribution in [0.4, 0.5) is 5.69 Å². The van der Waals surface area contributed by atoms with Gasteiger partial charge >= 0.3 is 0 Å². The number of rotatable bonds is 5. The first-order chi connectivity index (χ1) is 14.1. The summed E-state index contributed by atoms with van der Waals surface area (Å²) >= 11 is 0. The van der Waals surface area contributed by atoms with Crippen LogP contribution in [0.15, 0.2) is 73.1 Å². The minimum absolute atomic E-state index is 0.211. The van der Waals surface area contributed by atoms with Gasteiger partial charge < -0.3 is 10.3 Å². The predicted octanol–water partition coefficient (Wildman–Crippen LogP) is 4.41. The first kappa shape index (κ1) is 18.3. The maximum atomic E-state index is 12.4. The molecule has 0 aliphatic heterocycles. The molecule has 6 nitrogen and oxygen atoms in total. The van der Waals surface area contributed by atoms with Crippen LogP contribution in [-0.2, 0) is 0 Å². The van der Waals surface area contributed by atoms with Crippen LogP contribution in [0.5, 0.6) is 0 Å². The van der Waals surface area contributed by atoms with E-state index >= 15 is 0 Å². The van der Waals surface area contributed by atoms with Crippen molar-refractivity contribution >= 4 is 34.5 Å². The number of allylic oxidation sites excluding steroid dienone is 1. The lowest BCUT2D eigenvalue weighted by atomic mass is 10.1. The molecule has 6 heteroatoms. The lowest BCUT2D eigenvalue weighted by molar-refractivity contribution is 0.102. The monoisotopic (exact) mass is 382 g/mol. The number of nitrogens with one attached hydrogen (secondary N) is 2. The van der Waals surface area contributed by atoms with Gasteiger partial charge in [0.2, 0.25) is 5.78 Å². The summed E-state index contributed by atoms with van der Waals surface area (Å²) in [5.74, 6) is -0.131. The molecule has 142 valence electrons. The molecular weight excluding hydrogens is 364 g/mol. The Balaban J connectivity index is 1.44. The molecule has 4 rings (SSSR count). The molecule has 2 N–H and O–H groups in total. The number of aryl methyl sites for hydroxylation is 1. The molecule has 0 saturated carbocycles. The van der Waals surface area contributed by atoms with E-state index in [0.29, 0.717) is 17.1 Å². The largest absolute Gasteiger partial charge is 0.335 e. The van der Waals surface area contributed by atoms with Crippen LogP contribution in [-0.4, -0.2) is 26.6 Å². The molecule has 0 aliphatic rings. The lowest BCUT2D eigenvalue weighted by Gasteiger charge is -2.04. The number of ketones is 1. The number of carbonyl (C=O) groups is 2. The topological polar surface area (TPSA) is 87.7 Å². The number of pyridine rings is 1. The maximum absolute atomic E-state index is 12.4. The van der Waals surface area contributed by atoms with Crippen molar-refractivity contribution in [3.05, 3.63) is 95.6 Å². The summed E-state index contributed by atoms with van der Waals surface area (Å²) in [6.07, 6.45) is 6.39. The van der Waals surface area contributed by atoms with Crippen molar-refractivity contribution in [1.29, 1.82) is 0 Å². The van der Waals surface area contributed by atoms with Crippen molar-refractivity contribution < 1.29 is 9.59 Å². The number of nitrogens with zero attached hydrogens (tertiary/aromatic N) is 2. The van der Waals surface area contributed by atoms with Gasteiger partial charge in [0.15, 0.2) is 5.82 Å². The molecule has 0 unspecified atom stereocenters. The highest BCUT2D eigenvalue weighted by Crippen LogP contribution is 2.15. The van der Waals surface area contributed by atoms with E-state index in [1.54, 1.807) is 54.9 Å². The summed E-state index contributed by atoms with van der Waals surface area (Å²) in [4.78, 5) is 36.0. The Morgan fingerprint density at radius 1 is 1.07 bits per heavy atom. The summed E-state index contributed by atoms with van der Waals surface area (Å²) < 4.78 is 0. The van der Waals surface area contributed by atoms with Gasteiger partial charge in [-0.3, -0.25) is 14.6 Å². The van der Waals surface area contributed by atoms with Gasteiger partial charge in [-0.2, -0.15) is 0 Å². The zero-order chi connectivity index (χ0) is 20.2. The van der Waals surface area contributed by atoms with Gasteiger partial charge in [0.05, 0.1) is 22.9 Å². The Kier molecular flexibility index (Phi) is 4.99. The van der Waals surface area contributed by atoms with Crippen LogP contribution >= 0.6 is 0 Å². The second-order valence-electron chi connectivity index (χ2n) is 6.62. The minimum atomic E-state index is -0.220. The number of carbonyl (C=O) groups excluding carboxylic acids is 2. The van der Waals surface area contributed by atoms with Crippen LogP contribution in [0.2, 0.25) is 0 Å². The number of H-pyrrole nitrogens is 1. The zero-order valence-electron chi connectivity index (χ0n) is 15.7. The fourth-order valence-corrected chi connectivity index (χ4v) is 2.88. The van der Waals surface area contributed by atoms with Gasteiger partial charge in [-0.25, -0.2) is 4.98 Å². The van der Waals surface area contributed by atoms with Gasteiger partial charge in [0.1, 0.15) is 0 Å². The molecular formula is C23H18N4O2. The average Bonchev–Trinajstić information content (AvgIpc) is 3.16. The first-order valence-corrected chi connectivity index (χ1v) is 9.09. The molecule has 0 bridgehead atoms. The van der Waals surface area contributed by atoms with Gasteiger partial charge in [0.25, 0.3) is 5.91 Å². The predicted molar refractivity (Wildman–Crippen MR) is 113 cm³/mol. The van der Waals surface area contributed by atoms with Crippen LogP contribution < -0.4 is 5.32 Å². The van der Waals surface area contributed by atoms with E-state index in [-0.39, 0.29) is 11.7 Å². The Morgan fingerprint density at radius 2 is 1.90 bits per heavy atom. The number of fused-ring (bicyclic) bond motifs is 1. The van der Waals surface area contributed by atoms with E-state index in [1.165, 1.54) is 6.08 Å². The molecule has 29 heavy (non-hydrogen) atoms. The number of hydrogen-bond donors (Lipinski definition) is 2. The van der Waals surface area contributed by atoms with Crippen molar-refractivity contribution in [2.45, 2.75) is 6.92 Å². The molecule has 0 saturated heterocycles. The SMILES string of the molecule is Cc1ccc2nc(C(=O)C=Cc3ccc(C(=O)Nc4cccnc4)cc3)[nH]c2c1. The summed E-state index contributed by atoms with van der Waals surface area (Å²) in [6, 6.07) is 16.3. The normalized spacial score (nSPS) is 11.1. The van der Waals surface area contributed by atoms with Crippen molar-refractivity contribution in [3.63, 3.8) is 0 Å². The molecule has 0 aliphatic carbocycles. The third-order valence-corrected chi connectivity index (χ3v) is 4.39. The zero-order valence-corrected chi connectivity index (χ0v) is 15.7. The number of imidazole rings is 1. The first-order valence-electron chi connectivity index (χ1n) is 9.09. The van der Waals surface area contributed by atoms with E-state index in [0.717, 1.165) is 22.2 Å². The Bertz CT molecular complexity index is 1210. The summed E-state index contributed by atoms with van der Waals surface area (Å²) in [5, 5.41) is 2.78. The van der Waals surface area contributed by atoms with Crippen molar-refractivity contribution in [3.8, 4) is 0 Å². The molecule has 4 aromatic rings. The fourth-order valence-electron chi connectivity index (χ4n) is 2.88. The Morgan fingerprint density at radius 3 is 2.66 bits per heavy atom. The average molecular weight is 382 g/mol. The number of aromatic nitrogens is 3. The highest BCUT2D eigenvalue weighted by molar-refractivity contribution is 6.06. The van der Waals surface area contributed by atoms with E-state index in [4.69, 9.17) is 0 Å². The van der Waals surface area contributed by atoms with E-state index in [1.807, 2.05) is 25.1 Å². The van der Waals surface area contributed by atoms with Crippen LogP contribution in [0, 0.1) is 6.92 Å². The number of benzene rings is 2. The highest BCUT2D eigenvalue weighted by Gasteiger charge is 2.09. The number of anilines is 1. The Hall–Kier alpha value is -4.06. The summed E-state index contributed by atoms with van der Waals surface area (Å²) in [7, 11) is 0. The van der Waals surface area contributed by atoms with Crippen molar-refractivity contribution in [1.82, 2.24) is 15.0 Å². The van der Waals surface area contributed by atoms with Gasteiger partial charge in [-0.05, 0) is 60.5 Å². The Labute approximate surface area is 167 Å². The van der Waals surface area contributed by atoms with Gasteiger partial charge in [-0.15, -0.1) is 0 Å².